The Bertz CT molecular complexity index is 1040. The largest absolute Gasteiger partial charge is 0.336 e. The number of aliphatic imine (C=N–C) groups is 1. The summed E-state index contributed by atoms with van der Waals surface area (Å²) in [6.45, 7) is 5.28. The van der Waals surface area contributed by atoms with Gasteiger partial charge in [-0.1, -0.05) is 32.4 Å². The Hall–Kier alpha value is -2.19. The first-order chi connectivity index (χ1) is 13.4. The fourth-order valence-electron chi connectivity index (χ4n) is 3.64. The molecule has 0 saturated carbocycles. The van der Waals surface area contributed by atoms with Crippen LogP contribution < -0.4 is 4.72 Å². The van der Waals surface area contributed by atoms with Gasteiger partial charge in [-0.05, 0) is 41.5 Å². The van der Waals surface area contributed by atoms with Crippen molar-refractivity contribution in [1.82, 2.24) is 9.62 Å². The summed E-state index contributed by atoms with van der Waals surface area (Å²) in [5.74, 6) is 0.228. The SMILES string of the molecule is CC[C@H](C)[C@H](N=C1NS(=O)(=O)c2ccccc21)C(=O)N1CCc2sccc2C1. The summed E-state index contributed by atoms with van der Waals surface area (Å²) in [6, 6.07) is 8.20. The number of amidine groups is 1. The second-order valence-electron chi connectivity index (χ2n) is 7.29. The van der Waals surface area contributed by atoms with Gasteiger partial charge in [0.05, 0.1) is 4.90 Å². The third kappa shape index (κ3) is 3.35. The highest BCUT2D eigenvalue weighted by Gasteiger charge is 2.35. The van der Waals surface area contributed by atoms with E-state index in [2.05, 4.69) is 21.2 Å². The molecule has 6 nitrogen and oxygen atoms in total. The summed E-state index contributed by atoms with van der Waals surface area (Å²) < 4.78 is 27.3. The molecule has 1 amide bonds. The van der Waals surface area contributed by atoms with E-state index >= 15 is 0 Å². The fourth-order valence-corrected chi connectivity index (χ4v) is 5.77. The summed E-state index contributed by atoms with van der Waals surface area (Å²) in [7, 11) is -3.62. The first-order valence-corrected chi connectivity index (χ1v) is 11.8. The molecule has 3 heterocycles. The predicted molar refractivity (Wildman–Crippen MR) is 110 cm³/mol. The number of fused-ring (bicyclic) bond motifs is 2. The minimum Gasteiger partial charge on any atom is -0.336 e. The Morgan fingerprint density at radius 2 is 2.11 bits per heavy atom. The van der Waals surface area contributed by atoms with Crippen molar-refractivity contribution in [2.45, 2.75) is 44.2 Å². The van der Waals surface area contributed by atoms with Crippen LogP contribution in [0.5, 0.6) is 0 Å². The maximum atomic E-state index is 13.3. The Labute approximate surface area is 169 Å². The van der Waals surface area contributed by atoms with Crippen molar-refractivity contribution in [1.29, 1.82) is 0 Å². The fraction of sp³-hybridized carbons (Fsp3) is 0.400. The summed E-state index contributed by atoms with van der Waals surface area (Å²) >= 11 is 1.73. The van der Waals surface area contributed by atoms with Crippen LogP contribution >= 0.6 is 11.3 Å². The molecule has 2 atom stereocenters. The highest BCUT2D eigenvalue weighted by atomic mass is 32.2. The zero-order chi connectivity index (χ0) is 19.9. The Kier molecular flexibility index (Phi) is 5.01. The molecule has 0 bridgehead atoms. The van der Waals surface area contributed by atoms with Crippen molar-refractivity contribution in [2.75, 3.05) is 6.54 Å². The normalized spacial score (nSPS) is 20.9. The lowest BCUT2D eigenvalue weighted by Crippen LogP contribution is -2.44. The van der Waals surface area contributed by atoms with Crippen molar-refractivity contribution >= 4 is 33.1 Å². The number of sulfonamides is 1. The number of carbonyl (C=O) groups is 1. The van der Waals surface area contributed by atoms with Crippen LogP contribution in [0.25, 0.3) is 0 Å². The predicted octanol–water partition coefficient (Wildman–Crippen LogP) is 2.79. The van der Waals surface area contributed by atoms with Gasteiger partial charge < -0.3 is 4.90 Å². The maximum absolute atomic E-state index is 13.3. The van der Waals surface area contributed by atoms with Gasteiger partial charge in [0.25, 0.3) is 10.0 Å². The lowest BCUT2D eigenvalue weighted by atomic mass is 9.97. The van der Waals surface area contributed by atoms with E-state index in [1.165, 1.54) is 10.4 Å². The number of amides is 1. The summed E-state index contributed by atoms with van der Waals surface area (Å²) in [4.78, 5) is 21.4. The van der Waals surface area contributed by atoms with Crippen LogP contribution in [0.1, 0.15) is 36.3 Å². The highest BCUT2D eigenvalue weighted by Crippen LogP contribution is 2.27. The van der Waals surface area contributed by atoms with Crippen LogP contribution in [-0.4, -0.2) is 37.6 Å². The molecular weight excluding hydrogens is 394 g/mol. The van der Waals surface area contributed by atoms with Gasteiger partial charge in [-0.15, -0.1) is 11.3 Å². The first-order valence-electron chi connectivity index (χ1n) is 9.44. The molecule has 1 N–H and O–H groups in total. The van der Waals surface area contributed by atoms with Crippen LogP contribution in [0.3, 0.4) is 0 Å². The van der Waals surface area contributed by atoms with Gasteiger partial charge in [0.2, 0.25) is 5.91 Å². The number of nitrogens with one attached hydrogen (secondary N) is 1. The van der Waals surface area contributed by atoms with E-state index in [0.717, 1.165) is 12.8 Å². The van der Waals surface area contributed by atoms with Crippen molar-refractivity contribution in [3.63, 3.8) is 0 Å². The van der Waals surface area contributed by atoms with Crippen molar-refractivity contribution in [3.8, 4) is 0 Å². The van der Waals surface area contributed by atoms with E-state index in [9.17, 15) is 13.2 Å². The van der Waals surface area contributed by atoms with E-state index in [0.29, 0.717) is 18.7 Å². The van der Waals surface area contributed by atoms with E-state index in [1.807, 2.05) is 18.7 Å². The van der Waals surface area contributed by atoms with Crippen LogP contribution in [0.15, 0.2) is 45.6 Å². The molecule has 28 heavy (non-hydrogen) atoms. The Morgan fingerprint density at radius 3 is 2.89 bits per heavy atom. The number of rotatable bonds is 4. The van der Waals surface area contributed by atoms with Gasteiger partial charge in [0, 0.05) is 23.5 Å². The monoisotopic (exact) mass is 417 g/mol. The lowest BCUT2D eigenvalue weighted by Gasteiger charge is -2.31. The number of nitrogens with zero attached hydrogens (tertiary/aromatic N) is 2. The Morgan fingerprint density at radius 1 is 1.32 bits per heavy atom. The number of hydrogen-bond acceptors (Lipinski definition) is 5. The average molecular weight is 418 g/mol. The highest BCUT2D eigenvalue weighted by molar-refractivity contribution is 7.90. The standard InChI is InChI=1S/C20H23N3O3S2/c1-3-13(2)18(20(24)23-10-8-16-14(12-23)9-11-27-16)21-19-15-6-4-5-7-17(15)28(25,26)22-19/h4-7,9,11,13,18H,3,8,10,12H2,1-2H3,(H,21,22)/t13-,18-/m0/s1. The molecule has 0 unspecified atom stereocenters. The van der Waals surface area contributed by atoms with Gasteiger partial charge >= 0.3 is 0 Å². The molecule has 8 heteroatoms. The third-order valence-electron chi connectivity index (χ3n) is 5.49. The Balaban J connectivity index is 1.67. The van der Waals surface area contributed by atoms with E-state index in [-0.39, 0.29) is 22.6 Å². The summed E-state index contributed by atoms with van der Waals surface area (Å²) in [5, 5.41) is 2.06. The second kappa shape index (κ2) is 7.33. The molecule has 0 saturated heterocycles. The first kappa shape index (κ1) is 19.1. The van der Waals surface area contributed by atoms with Crippen LogP contribution in [-0.2, 0) is 27.8 Å². The van der Waals surface area contributed by atoms with Gasteiger partial charge in [-0.2, -0.15) is 0 Å². The molecule has 2 aromatic rings. The maximum Gasteiger partial charge on any atom is 0.263 e. The second-order valence-corrected chi connectivity index (χ2v) is 9.94. The molecular formula is C20H23N3O3S2. The zero-order valence-corrected chi connectivity index (χ0v) is 17.5. The molecule has 2 aliphatic rings. The molecule has 1 aromatic heterocycles. The molecule has 2 aliphatic heterocycles. The molecule has 1 aromatic carbocycles. The van der Waals surface area contributed by atoms with Gasteiger partial charge in [0.1, 0.15) is 11.9 Å². The van der Waals surface area contributed by atoms with Crippen molar-refractivity contribution in [3.05, 3.63) is 51.7 Å². The van der Waals surface area contributed by atoms with Gasteiger partial charge in [0.15, 0.2) is 0 Å². The van der Waals surface area contributed by atoms with Crippen molar-refractivity contribution in [2.24, 2.45) is 10.9 Å². The number of carbonyl (C=O) groups excluding carboxylic acids is 1. The topological polar surface area (TPSA) is 78.8 Å². The summed E-state index contributed by atoms with van der Waals surface area (Å²) in [5.41, 5.74) is 1.73. The van der Waals surface area contributed by atoms with Crippen LogP contribution in [0, 0.1) is 5.92 Å². The minimum atomic E-state index is -3.62. The van der Waals surface area contributed by atoms with Crippen LogP contribution in [0.2, 0.25) is 0 Å². The molecule has 0 aliphatic carbocycles. The van der Waals surface area contributed by atoms with E-state index in [4.69, 9.17) is 0 Å². The van der Waals surface area contributed by atoms with E-state index in [1.54, 1.807) is 35.6 Å². The summed E-state index contributed by atoms with van der Waals surface area (Å²) in [6.07, 6.45) is 1.64. The third-order valence-corrected chi connectivity index (χ3v) is 7.91. The number of thiophene rings is 1. The molecule has 0 spiro atoms. The van der Waals surface area contributed by atoms with Crippen LogP contribution in [0.4, 0.5) is 0 Å². The number of benzene rings is 1. The molecule has 4 rings (SSSR count). The van der Waals surface area contributed by atoms with Gasteiger partial charge in [-0.25, -0.2) is 8.42 Å². The quantitative estimate of drug-likeness (QED) is 0.831. The molecule has 0 radical (unpaired) electrons. The van der Waals surface area contributed by atoms with E-state index < -0.39 is 16.1 Å². The smallest absolute Gasteiger partial charge is 0.263 e. The minimum absolute atomic E-state index is 0.00105. The van der Waals surface area contributed by atoms with Crippen molar-refractivity contribution < 1.29 is 13.2 Å². The number of hydrogen-bond donors (Lipinski definition) is 1. The average Bonchev–Trinajstić information content (AvgIpc) is 3.27. The molecule has 148 valence electrons. The molecule has 0 fully saturated rings. The van der Waals surface area contributed by atoms with Gasteiger partial charge in [-0.3, -0.25) is 14.5 Å². The lowest BCUT2D eigenvalue weighted by molar-refractivity contribution is -0.134. The zero-order valence-electron chi connectivity index (χ0n) is 15.9.